The lowest BCUT2D eigenvalue weighted by Crippen LogP contribution is -2.05. The molecule has 4 nitrogen and oxygen atoms in total. The molecule has 1 heterocycles. The van der Waals surface area contributed by atoms with Crippen LogP contribution in [0.5, 0.6) is 0 Å². The number of aromatic carboxylic acids is 1. The molecule has 5 heteroatoms. The number of rotatable bonds is 4. The Morgan fingerprint density at radius 3 is 2.47 bits per heavy atom. The molecule has 0 saturated heterocycles. The minimum Gasteiger partial charge on any atom is -0.478 e. The SMILES string of the molecule is Cc1c(C(=O)O)c(-c2ccc(Cl)cc2)cn1CCO. The minimum absolute atomic E-state index is 0.0331. The predicted octanol–water partition coefficient (Wildman–Crippen LogP) is 2.81. The van der Waals surface area contributed by atoms with Crippen LogP contribution in [-0.4, -0.2) is 27.4 Å². The largest absolute Gasteiger partial charge is 0.478 e. The standard InChI is InChI=1S/C14H14ClNO3/c1-9-13(14(18)19)12(8-16(9)6-7-17)10-2-4-11(15)5-3-10/h2-5,8,17H,6-7H2,1H3,(H,18,19). The van der Waals surface area contributed by atoms with E-state index in [9.17, 15) is 9.90 Å². The molecule has 2 aromatic rings. The minimum atomic E-state index is -0.973. The van der Waals surface area contributed by atoms with Gasteiger partial charge in [-0.1, -0.05) is 23.7 Å². The average Bonchev–Trinajstić information content (AvgIpc) is 2.68. The second-order valence-corrected chi connectivity index (χ2v) is 4.67. The van der Waals surface area contributed by atoms with Gasteiger partial charge in [-0.15, -0.1) is 0 Å². The molecule has 0 atom stereocenters. The highest BCUT2D eigenvalue weighted by Gasteiger charge is 2.19. The maximum Gasteiger partial charge on any atom is 0.338 e. The van der Waals surface area contributed by atoms with Crippen molar-refractivity contribution in [2.75, 3.05) is 6.61 Å². The molecule has 0 unspecified atom stereocenters. The fraction of sp³-hybridized carbons (Fsp3) is 0.214. The Kier molecular flexibility index (Phi) is 3.93. The van der Waals surface area contributed by atoms with E-state index in [0.717, 1.165) is 5.56 Å². The molecule has 0 fully saturated rings. The maximum atomic E-state index is 11.4. The number of halogens is 1. The van der Waals surface area contributed by atoms with Crippen molar-refractivity contribution in [1.29, 1.82) is 0 Å². The molecule has 0 spiro atoms. The lowest BCUT2D eigenvalue weighted by molar-refractivity contribution is 0.0696. The summed E-state index contributed by atoms with van der Waals surface area (Å²) in [7, 11) is 0. The van der Waals surface area contributed by atoms with Crippen molar-refractivity contribution in [2.45, 2.75) is 13.5 Å². The number of hydrogen-bond acceptors (Lipinski definition) is 2. The van der Waals surface area contributed by atoms with E-state index in [1.54, 1.807) is 42.0 Å². The smallest absolute Gasteiger partial charge is 0.338 e. The quantitative estimate of drug-likeness (QED) is 0.905. The Hall–Kier alpha value is -1.78. The van der Waals surface area contributed by atoms with Crippen molar-refractivity contribution in [3.63, 3.8) is 0 Å². The Morgan fingerprint density at radius 1 is 1.32 bits per heavy atom. The van der Waals surface area contributed by atoms with Gasteiger partial charge in [0.1, 0.15) is 0 Å². The molecule has 0 radical (unpaired) electrons. The van der Waals surface area contributed by atoms with Crippen molar-refractivity contribution in [3.05, 3.63) is 46.7 Å². The number of carbonyl (C=O) groups is 1. The van der Waals surface area contributed by atoms with Crippen LogP contribution in [0.15, 0.2) is 30.5 Å². The van der Waals surface area contributed by atoms with E-state index in [1.807, 2.05) is 0 Å². The Labute approximate surface area is 115 Å². The molecular formula is C14H14ClNO3. The summed E-state index contributed by atoms with van der Waals surface area (Å²) in [4.78, 5) is 11.4. The van der Waals surface area contributed by atoms with Gasteiger partial charge in [-0.05, 0) is 24.6 Å². The third kappa shape index (κ3) is 2.64. The first-order valence-corrected chi connectivity index (χ1v) is 6.22. The number of nitrogens with zero attached hydrogens (tertiary/aromatic N) is 1. The van der Waals surface area contributed by atoms with Gasteiger partial charge in [0.15, 0.2) is 0 Å². The van der Waals surface area contributed by atoms with E-state index < -0.39 is 5.97 Å². The van der Waals surface area contributed by atoms with Crippen LogP contribution in [0.1, 0.15) is 16.1 Å². The molecule has 0 aliphatic rings. The summed E-state index contributed by atoms with van der Waals surface area (Å²) in [5.41, 5.74) is 2.32. The van der Waals surface area contributed by atoms with Crippen LogP contribution in [0.4, 0.5) is 0 Å². The third-order valence-corrected chi connectivity index (χ3v) is 3.31. The molecule has 0 saturated carbocycles. The zero-order chi connectivity index (χ0) is 14.0. The van der Waals surface area contributed by atoms with E-state index in [-0.39, 0.29) is 12.2 Å². The third-order valence-electron chi connectivity index (χ3n) is 3.06. The van der Waals surface area contributed by atoms with Gasteiger partial charge in [-0.2, -0.15) is 0 Å². The van der Waals surface area contributed by atoms with Gasteiger partial charge in [0.05, 0.1) is 12.2 Å². The normalized spacial score (nSPS) is 10.7. The van der Waals surface area contributed by atoms with Crippen LogP contribution in [0.2, 0.25) is 5.02 Å². The summed E-state index contributed by atoms with van der Waals surface area (Å²) in [6, 6.07) is 7.02. The predicted molar refractivity (Wildman–Crippen MR) is 73.7 cm³/mol. The summed E-state index contributed by atoms with van der Waals surface area (Å²) < 4.78 is 1.74. The second kappa shape index (κ2) is 5.47. The number of carboxylic acids is 1. The van der Waals surface area contributed by atoms with E-state index in [2.05, 4.69) is 0 Å². The molecule has 2 rings (SSSR count). The molecule has 100 valence electrons. The van der Waals surface area contributed by atoms with E-state index in [1.165, 1.54) is 0 Å². The van der Waals surface area contributed by atoms with Gasteiger partial charge in [0.25, 0.3) is 0 Å². The van der Waals surface area contributed by atoms with Crippen molar-refractivity contribution in [1.82, 2.24) is 4.57 Å². The molecule has 2 N–H and O–H groups in total. The van der Waals surface area contributed by atoms with Gasteiger partial charge in [0, 0.05) is 29.0 Å². The maximum absolute atomic E-state index is 11.4. The zero-order valence-corrected chi connectivity index (χ0v) is 11.2. The average molecular weight is 280 g/mol. The van der Waals surface area contributed by atoms with E-state index in [4.69, 9.17) is 16.7 Å². The first kappa shape index (κ1) is 13.6. The first-order chi connectivity index (χ1) is 9.04. The number of aliphatic hydroxyl groups is 1. The van der Waals surface area contributed by atoms with Crippen LogP contribution in [-0.2, 0) is 6.54 Å². The highest BCUT2D eigenvalue weighted by molar-refractivity contribution is 6.30. The number of benzene rings is 1. The molecule has 0 bridgehead atoms. The Morgan fingerprint density at radius 2 is 1.95 bits per heavy atom. The molecule has 1 aromatic carbocycles. The topological polar surface area (TPSA) is 62.5 Å². The Balaban J connectivity index is 2.58. The van der Waals surface area contributed by atoms with Gasteiger partial charge in [0.2, 0.25) is 0 Å². The second-order valence-electron chi connectivity index (χ2n) is 4.23. The van der Waals surface area contributed by atoms with Crippen LogP contribution in [0.3, 0.4) is 0 Å². The number of aliphatic hydroxyl groups excluding tert-OH is 1. The number of hydrogen-bond donors (Lipinski definition) is 2. The highest BCUT2D eigenvalue weighted by Crippen LogP contribution is 2.29. The highest BCUT2D eigenvalue weighted by atomic mass is 35.5. The van der Waals surface area contributed by atoms with Gasteiger partial charge < -0.3 is 14.8 Å². The molecule has 19 heavy (non-hydrogen) atoms. The summed E-state index contributed by atoms with van der Waals surface area (Å²) in [5, 5.41) is 19.0. The molecule has 0 aliphatic carbocycles. The van der Waals surface area contributed by atoms with Crippen LogP contribution < -0.4 is 0 Å². The monoisotopic (exact) mass is 279 g/mol. The van der Waals surface area contributed by atoms with Gasteiger partial charge in [-0.25, -0.2) is 4.79 Å². The summed E-state index contributed by atoms with van der Waals surface area (Å²) in [6.45, 7) is 2.08. The summed E-state index contributed by atoms with van der Waals surface area (Å²) >= 11 is 5.83. The summed E-state index contributed by atoms with van der Waals surface area (Å²) in [5.74, 6) is -0.973. The number of aromatic nitrogens is 1. The van der Waals surface area contributed by atoms with Gasteiger partial charge >= 0.3 is 5.97 Å². The van der Waals surface area contributed by atoms with Crippen LogP contribution in [0.25, 0.3) is 11.1 Å². The van der Waals surface area contributed by atoms with Crippen molar-refractivity contribution >= 4 is 17.6 Å². The van der Waals surface area contributed by atoms with E-state index >= 15 is 0 Å². The van der Waals surface area contributed by atoms with Crippen molar-refractivity contribution in [2.24, 2.45) is 0 Å². The Bertz CT molecular complexity index is 602. The number of carboxylic acid groups (broad SMARTS) is 1. The molecular weight excluding hydrogens is 266 g/mol. The summed E-state index contributed by atoms with van der Waals surface area (Å²) in [6.07, 6.45) is 1.75. The van der Waals surface area contributed by atoms with Crippen LogP contribution in [0, 0.1) is 6.92 Å². The lowest BCUT2D eigenvalue weighted by atomic mass is 10.0. The van der Waals surface area contributed by atoms with Gasteiger partial charge in [-0.3, -0.25) is 0 Å². The van der Waals surface area contributed by atoms with E-state index in [0.29, 0.717) is 22.8 Å². The lowest BCUT2D eigenvalue weighted by Gasteiger charge is -2.02. The molecule has 0 amide bonds. The fourth-order valence-corrected chi connectivity index (χ4v) is 2.24. The first-order valence-electron chi connectivity index (χ1n) is 5.84. The van der Waals surface area contributed by atoms with Crippen molar-refractivity contribution in [3.8, 4) is 11.1 Å². The fourth-order valence-electron chi connectivity index (χ4n) is 2.11. The zero-order valence-electron chi connectivity index (χ0n) is 10.4. The molecule has 1 aromatic heterocycles. The van der Waals surface area contributed by atoms with Crippen LogP contribution >= 0.6 is 11.6 Å². The molecule has 0 aliphatic heterocycles. The van der Waals surface area contributed by atoms with Crippen molar-refractivity contribution < 1.29 is 15.0 Å².